The van der Waals surface area contributed by atoms with E-state index in [1.54, 1.807) is 30.3 Å². The highest BCUT2D eigenvalue weighted by molar-refractivity contribution is 7.93. The van der Waals surface area contributed by atoms with E-state index in [9.17, 15) is 21.6 Å². The minimum absolute atomic E-state index is 0.0698. The van der Waals surface area contributed by atoms with Crippen molar-refractivity contribution in [3.63, 3.8) is 0 Å². The number of nitrogens with zero attached hydrogens (tertiary/aromatic N) is 2. The van der Waals surface area contributed by atoms with E-state index >= 15 is 0 Å². The predicted molar refractivity (Wildman–Crippen MR) is 133 cm³/mol. The summed E-state index contributed by atoms with van der Waals surface area (Å²) >= 11 is 0. The third kappa shape index (κ3) is 4.36. The number of nitrogens with one attached hydrogen (secondary N) is 3. The van der Waals surface area contributed by atoms with Gasteiger partial charge in [0, 0.05) is 16.9 Å². The summed E-state index contributed by atoms with van der Waals surface area (Å²) < 4.78 is 55.0. The summed E-state index contributed by atoms with van der Waals surface area (Å²) in [5.41, 5.74) is 2.18. The Bertz CT molecular complexity index is 1660. The molecule has 0 unspecified atom stereocenters. The molecule has 0 spiro atoms. The first-order valence-corrected chi connectivity index (χ1v) is 13.7. The number of hydrogen-bond donors (Lipinski definition) is 3. The number of anilines is 3. The zero-order valence-corrected chi connectivity index (χ0v) is 19.9. The molecule has 2 heterocycles. The fourth-order valence-corrected chi connectivity index (χ4v) is 5.64. The summed E-state index contributed by atoms with van der Waals surface area (Å²) in [5, 5.41) is 7.16. The second-order valence-corrected chi connectivity index (χ2v) is 11.2. The third-order valence-electron chi connectivity index (χ3n) is 5.22. The molecule has 178 valence electrons. The maximum Gasteiger partial charge on any atom is 0.278 e. The molecule has 0 bridgehead atoms. The Kier molecular flexibility index (Phi) is 5.33. The molecule has 0 saturated heterocycles. The van der Waals surface area contributed by atoms with E-state index < -0.39 is 26.0 Å². The molecule has 5 rings (SSSR count). The minimum atomic E-state index is -3.92. The monoisotopic (exact) mass is 509 g/mol. The summed E-state index contributed by atoms with van der Waals surface area (Å²) in [6.45, 7) is 0. The van der Waals surface area contributed by atoms with Crippen LogP contribution in [0.5, 0.6) is 0 Å². The first kappa shape index (κ1) is 22.6. The van der Waals surface area contributed by atoms with Gasteiger partial charge in [-0.2, -0.15) is 5.10 Å². The molecule has 4 aromatic rings. The minimum Gasteiger partial charge on any atom is -0.321 e. The fraction of sp³-hybridized carbons (Fsp3) is 0.0435. The van der Waals surface area contributed by atoms with Crippen LogP contribution >= 0.6 is 0 Å². The molecule has 1 aromatic heterocycles. The number of fused-ring (bicyclic) bond motifs is 3. The van der Waals surface area contributed by atoms with Crippen LogP contribution in [0.3, 0.4) is 0 Å². The Morgan fingerprint density at radius 1 is 0.914 bits per heavy atom. The van der Waals surface area contributed by atoms with Crippen molar-refractivity contribution in [2.75, 3.05) is 21.0 Å². The number of amides is 1. The van der Waals surface area contributed by atoms with Crippen molar-refractivity contribution in [2.45, 2.75) is 4.90 Å². The van der Waals surface area contributed by atoms with Crippen LogP contribution in [0.15, 0.2) is 83.8 Å². The van der Waals surface area contributed by atoms with Gasteiger partial charge in [0.15, 0.2) is 5.69 Å². The molecular weight excluding hydrogens is 490 g/mol. The molecule has 3 aromatic carbocycles. The Hall–Kier alpha value is -4.16. The Balaban J connectivity index is 1.58. The van der Waals surface area contributed by atoms with Crippen molar-refractivity contribution in [3.05, 3.63) is 84.6 Å². The van der Waals surface area contributed by atoms with Gasteiger partial charge in [-0.15, -0.1) is 0 Å². The van der Waals surface area contributed by atoms with Crippen LogP contribution in [-0.4, -0.2) is 38.8 Å². The molecule has 1 aliphatic rings. The number of benzene rings is 3. The fourth-order valence-electron chi connectivity index (χ4n) is 3.79. The summed E-state index contributed by atoms with van der Waals surface area (Å²) in [6.07, 6.45) is 1.04. The zero-order valence-electron chi connectivity index (χ0n) is 18.3. The van der Waals surface area contributed by atoms with Crippen molar-refractivity contribution < 1.29 is 21.6 Å². The first-order valence-electron chi connectivity index (χ1n) is 10.3. The molecule has 12 heteroatoms. The Labute approximate surface area is 201 Å². The number of carbonyl (C=O) groups is 1. The molecule has 1 amide bonds. The average Bonchev–Trinajstić information content (AvgIpc) is 3.19. The van der Waals surface area contributed by atoms with Crippen molar-refractivity contribution in [1.82, 2.24) is 9.78 Å². The lowest BCUT2D eigenvalue weighted by atomic mass is 10.1. The highest BCUT2D eigenvalue weighted by atomic mass is 32.2. The number of carbonyl (C=O) groups excluding carboxylic acids is 1. The summed E-state index contributed by atoms with van der Waals surface area (Å²) in [7, 11) is -7.37. The maximum atomic E-state index is 13.2. The number of sulfonamides is 2. The number of rotatable bonds is 5. The smallest absolute Gasteiger partial charge is 0.278 e. The molecule has 0 fully saturated rings. The van der Waals surface area contributed by atoms with E-state index in [-0.39, 0.29) is 16.3 Å². The van der Waals surface area contributed by atoms with Gasteiger partial charge in [0.1, 0.15) is 11.4 Å². The molecule has 0 saturated carbocycles. The molecule has 35 heavy (non-hydrogen) atoms. The van der Waals surface area contributed by atoms with E-state index in [1.165, 1.54) is 35.0 Å². The highest BCUT2D eigenvalue weighted by Crippen LogP contribution is 2.42. The van der Waals surface area contributed by atoms with Crippen molar-refractivity contribution in [3.8, 4) is 16.9 Å². The summed E-state index contributed by atoms with van der Waals surface area (Å²) in [5.74, 6) is -0.637. The van der Waals surface area contributed by atoms with E-state index in [0.717, 1.165) is 6.26 Å². The van der Waals surface area contributed by atoms with Crippen LogP contribution in [0.1, 0.15) is 10.5 Å². The lowest BCUT2D eigenvalue weighted by molar-refractivity contribution is 0.102. The van der Waals surface area contributed by atoms with Gasteiger partial charge in [-0.1, -0.05) is 36.4 Å². The molecule has 0 atom stereocenters. The van der Waals surface area contributed by atoms with Gasteiger partial charge >= 0.3 is 0 Å². The van der Waals surface area contributed by atoms with E-state index in [1.807, 2.05) is 18.2 Å². The van der Waals surface area contributed by atoms with E-state index in [0.29, 0.717) is 28.3 Å². The lowest BCUT2D eigenvalue weighted by Gasteiger charge is -2.20. The normalized spacial score (nSPS) is 13.7. The van der Waals surface area contributed by atoms with Crippen molar-refractivity contribution in [1.29, 1.82) is 0 Å². The molecule has 3 N–H and O–H groups in total. The van der Waals surface area contributed by atoms with Gasteiger partial charge in [-0.25, -0.2) is 21.5 Å². The van der Waals surface area contributed by atoms with Gasteiger partial charge in [-0.05, 0) is 42.5 Å². The highest BCUT2D eigenvalue weighted by Gasteiger charge is 2.35. The van der Waals surface area contributed by atoms with Crippen molar-refractivity contribution >= 4 is 43.0 Å². The van der Waals surface area contributed by atoms with Gasteiger partial charge in [0.25, 0.3) is 15.9 Å². The number of para-hydroxylation sites is 1. The molecule has 10 nitrogen and oxygen atoms in total. The lowest BCUT2D eigenvalue weighted by Crippen LogP contribution is -2.21. The van der Waals surface area contributed by atoms with Gasteiger partial charge in [-0.3, -0.25) is 14.2 Å². The summed E-state index contributed by atoms with van der Waals surface area (Å²) in [6, 6.07) is 21.6. The average molecular weight is 510 g/mol. The van der Waals surface area contributed by atoms with Crippen LogP contribution in [0.2, 0.25) is 0 Å². The largest absolute Gasteiger partial charge is 0.321 e. The molecule has 0 radical (unpaired) electrons. The van der Waals surface area contributed by atoms with Gasteiger partial charge < -0.3 is 5.32 Å². The molecule has 1 aliphatic heterocycles. The number of hydrogen-bond acceptors (Lipinski definition) is 6. The Morgan fingerprint density at radius 2 is 1.54 bits per heavy atom. The van der Waals surface area contributed by atoms with Gasteiger partial charge in [0.2, 0.25) is 10.0 Å². The van der Waals surface area contributed by atoms with Gasteiger partial charge in [0.05, 0.1) is 16.8 Å². The van der Waals surface area contributed by atoms with Crippen molar-refractivity contribution in [2.24, 2.45) is 0 Å². The molecule has 0 aliphatic carbocycles. The van der Waals surface area contributed by atoms with Crippen LogP contribution in [0.25, 0.3) is 16.9 Å². The topological polar surface area (TPSA) is 139 Å². The van der Waals surface area contributed by atoms with Crippen LogP contribution < -0.4 is 14.8 Å². The summed E-state index contributed by atoms with van der Waals surface area (Å²) in [4.78, 5) is 13.3. The van der Waals surface area contributed by atoms with Crippen LogP contribution in [0, 0.1) is 0 Å². The van der Waals surface area contributed by atoms with Crippen LogP contribution in [-0.2, 0) is 20.0 Å². The Morgan fingerprint density at radius 3 is 2.23 bits per heavy atom. The van der Waals surface area contributed by atoms with Crippen LogP contribution in [0.4, 0.5) is 17.1 Å². The standard InChI is InChI=1S/C23H19N5O5S2/c1-34(30,31)26-16-13-11-15(12-14-16)24-23(29)21-20-22(28(25-21)17-7-3-2-4-8-17)18-9-5-6-10-19(18)35(32,33)27-20/h2-14,26-27H,1H3,(H,24,29). The SMILES string of the molecule is CS(=O)(=O)Nc1ccc(NC(=O)c2nn(-c3ccccc3)c3c2NS(=O)(=O)c2ccccc2-3)cc1. The van der Waals surface area contributed by atoms with E-state index in [4.69, 9.17) is 0 Å². The zero-order chi connectivity index (χ0) is 24.8. The molecular formula is C23H19N5O5S2. The number of aromatic nitrogens is 2. The quantitative estimate of drug-likeness (QED) is 0.377. The maximum absolute atomic E-state index is 13.2. The second-order valence-electron chi connectivity index (χ2n) is 7.83. The first-order chi connectivity index (χ1) is 16.6. The second kappa shape index (κ2) is 8.25. The predicted octanol–water partition coefficient (Wildman–Crippen LogP) is 3.28. The third-order valence-corrected chi connectivity index (χ3v) is 7.23. The van der Waals surface area contributed by atoms with E-state index in [2.05, 4.69) is 19.9 Å².